The van der Waals surface area contributed by atoms with Crippen LogP contribution in [0.5, 0.6) is 11.5 Å². The highest BCUT2D eigenvalue weighted by atomic mass is 35.5. The number of rotatable bonds is 11. The van der Waals surface area contributed by atoms with Gasteiger partial charge in [-0.1, -0.05) is 68.0 Å². The quantitative estimate of drug-likeness (QED) is 0.246. The van der Waals surface area contributed by atoms with Gasteiger partial charge in [-0.3, -0.25) is 4.79 Å². The number of methoxy groups -OCH3 is 1. The van der Waals surface area contributed by atoms with Crippen LogP contribution in [-0.4, -0.2) is 28.3 Å². The number of thiazole rings is 1. The molecule has 0 bridgehead atoms. The maximum atomic E-state index is 12.9. The average molecular weight is 498 g/mol. The lowest BCUT2D eigenvalue weighted by atomic mass is 10.1. The highest BCUT2D eigenvalue weighted by Crippen LogP contribution is 2.28. The number of nitrogens with zero attached hydrogens (tertiary/aromatic N) is 3. The molecule has 0 radical (unpaired) electrons. The van der Waals surface area contributed by atoms with E-state index in [0.29, 0.717) is 38.4 Å². The van der Waals surface area contributed by atoms with E-state index in [1.807, 2.05) is 36.4 Å². The molecular weight excluding hydrogens is 470 g/mol. The Labute approximate surface area is 207 Å². The second-order valence-electron chi connectivity index (χ2n) is 8.08. The molecule has 2 heterocycles. The molecule has 4 aromatic rings. The van der Waals surface area contributed by atoms with E-state index in [9.17, 15) is 4.79 Å². The van der Waals surface area contributed by atoms with Crippen molar-refractivity contribution < 1.29 is 9.47 Å². The first-order chi connectivity index (χ1) is 16.6. The zero-order valence-corrected chi connectivity index (χ0v) is 21.0. The summed E-state index contributed by atoms with van der Waals surface area (Å²) < 4.78 is 13.4. The van der Waals surface area contributed by atoms with E-state index in [1.54, 1.807) is 19.2 Å². The summed E-state index contributed by atoms with van der Waals surface area (Å²) in [6.07, 6.45) is 9.12. The molecule has 34 heavy (non-hydrogen) atoms. The maximum Gasteiger partial charge on any atom is 0.291 e. The van der Waals surface area contributed by atoms with Gasteiger partial charge in [-0.05, 0) is 54.5 Å². The fraction of sp³-hybridized carbons (Fsp3) is 0.346. The summed E-state index contributed by atoms with van der Waals surface area (Å²) >= 11 is 7.25. The van der Waals surface area contributed by atoms with Crippen LogP contribution in [0.2, 0.25) is 5.02 Å². The van der Waals surface area contributed by atoms with Gasteiger partial charge in [0.1, 0.15) is 0 Å². The summed E-state index contributed by atoms with van der Waals surface area (Å²) in [5, 5.41) is 5.02. The predicted molar refractivity (Wildman–Crippen MR) is 138 cm³/mol. The van der Waals surface area contributed by atoms with Crippen molar-refractivity contribution in [3.05, 3.63) is 67.9 Å². The van der Waals surface area contributed by atoms with Gasteiger partial charge in [0.05, 0.1) is 18.2 Å². The van der Waals surface area contributed by atoms with E-state index in [1.165, 1.54) is 48.0 Å². The molecule has 178 valence electrons. The Morgan fingerprint density at radius 2 is 1.79 bits per heavy atom. The highest BCUT2D eigenvalue weighted by molar-refractivity contribution is 7.15. The monoisotopic (exact) mass is 497 g/mol. The third-order valence-corrected chi connectivity index (χ3v) is 6.74. The molecule has 2 aromatic carbocycles. The molecule has 0 N–H and O–H groups in total. The zero-order chi connectivity index (χ0) is 23.9. The van der Waals surface area contributed by atoms with Crippen LogP contribution in [-0.2, 0) is 0 Å². The van der Waals surface area contributed by atoms with Gasteiger partial charge < -0.3 is 9.47 Å². The van der Waals surface area contributed by atoms with Gasteiger partial charge in [0.2, 0.25) is 4.96 Å². The molecule has 6 nitrogen and oxygen atoms in total. The Morgan fingerprint density at radius 3 is 2.53 bits per heavy atom. The first-order valence-electron chi connectivity index (χ1n) is 11.6. The van der Waals surface area contributed by atoms with E-state index in [0.717, 1.165) is 17.5 Å². The van der Waals surface area contributed by atoms with Crippen LogP contribution in [0.1, 0.15) is 51.0 Å². The second-order valence-corrected chi connectivity index (χ2v) is 9.52. The summed E-state index contributed by atoms with van der Waals surface area (Å²) in [7, 11) is 1.62. The summed E-state index contributed by atoms with van der Waals surface area (Å²) in [6.45, 7) is 2.89. The van der Waals surface area contributed by atoms with Gasteiger partial charge in [0.25, 0.3) is 5.56 Å². The molecule has 0 amide bonds. The standard InChI is InChI=1S/C26H28ClN3O3S/c1-3-4-5-6-7-8-15-33-21-14-9-18(16-22(21)32-2)17-23-25(31)30-26(34-23)28-24(29-30)19-10-12-20(27)13-11-19/h9-14,16-17H,3-8,15H2,1-2H3/b23-17-. The SMILES string of the molecule is CCCCCCCCOc1ccc(/C=c2\sc3nc(-c4ccc(Cl)cc4)nn3c2=O)cc1OC. The van der Waals surface area contributed by atoms with Crippen molar-refractivity contribution in [2.75, 3.05) is 13.7 Å². The van der Waals surface area contributed by atoms with Crippen molar-refractivity contribution in [1.29, 1.82) is 0 Å². The summed E-state index contributed by atoms with van der Waals surface area (Å²) in [5.74, 6) is 1.86. The third-order valence-electron chi connectivity index (χ3n) is 5.53. The third kappa shape index (κ3) is 5.77. The molecule has 8 heteroatoms. The lowest BCUT2D eigenvalue weighted by Crippen LogP contribution is -2.23. The topological polar surface area (TPSA) is 65.7 Å². The molecule has 0 unspecified atom stereocenters. The first kappa shape index (κ1) is 24.2. The number of aromatic nitrogens is 3. The molecular formula is C26H28ClN3O3S. The molecule has 0 fully saturated rings. The van der Waals surface area contributed by atoms with Crippen molar-refractivity contribution in [2.45, 2.75) is 45.4 Å². The Bertz CT molecular complexity index is 1350. The van der Waals surface area contributed by atoms with Crippen molar-refractivity contribution in [2.24, 2.45) is 0 Å². The Morgan fingerprint density at radius 1 is 1.03 bits per heavy atom. The first-order valence-corrected chi connectivity index (χ1v) is 12.8. The summed E-state index contributed by atoms with van der Waals surface area (Å²) in [6, 6.07) is 12.9. The number of benzene rings is 2. The minimum absolute atomic E-state index is 0.199. The molecule has 0 saturated heterocycles. The number of ether oxygens (including phenoxy) is 2. The number of unbranched alkanes of at least 4 members (excludes halogenated alkanes) is 5. The average Bonchev–Trinajstić information content (AvgIpc) is 3.38. The number of fused-ring (bicyclic) bond motifs is 1. The van der Waals surface area contributed by atoms with Crippen LogP contribution in [0.4, 0.5) is 0 Å². The van der Waals surface area contributed by atoms with Crippen LogP contribution in [0.3, 0.4) is 0 Å². The number of hydrogen-bond donors (Lipinski definition) is 0. The van der Waals surface area contributed by atoms with Crippen molar-refractivity contribution in [3.8, 4) is 22.9 Å². The molecule has 4 rings (SSSR count). The fourth-order valence-corrected chi connectivity index (χ4v) is 4.70. The van der Waals surface area contributed by atoms with Gasteiger partial charge in [0.15, 0.2) is 17.3 Å². The molecule has 0 aliphatic carbocycles. The van der Waals surface area contributed by atoms with E-state index >= 15 is 0 Å². The van der Waals surface area contributed by atoms with Crippen LogP contribution in [0.25, 0.3) is 22.4 Å². The molecule has 2 aromatic heterocycles. The molecule has 0 aliphatic heterocycles. The molecule has 0 atom stereocenters. The highest BCUT2D eigenvalue weighted by Gasteiger charge is 2.12. The Kier molecular flexibility index (Phi) is 8.19. The van der Waals surface area contributed by atoms with Crippen LogP contribution in [0.15, 0.2) is 47.3 Å². The number of halogens is 1. The fourth-order valence-electron chi connectivity index (χ4n) is 3.66. The van der Waals surface area contributed by atoms with E-state index in [-0.39, 0.29) is 5.56 Å². The maximum absolute atomic E-state index is 12.9. The summed E-state index contributed by atoms with van der Waals surface area (Å²) in [5.41, 5.74) is 1.46. The van der Waals surface area contributed by atoms with Gasteiger partial charge in [-0.15, -0.1) is 5.10 Å². The van der Waals surface area contributed by atoms with Gasteiger partial charge in [0, 0.05) is 10.6 Å². The van der Waals surface area contributed by atoms with Crippen LogP contribution in [0, 0.1) is 0 Å². The largest absolute Gasteiger partial charge is 0.493 e. The molecule has 0 spiro atoms. The molecule has 0 saturated carbocycles. The normalized spacial score (nSPS) is 11.9. The smallest absolute Gasteiger partial charge is 0.291 e. The van der Waals surface area contributed by atoms with Crippen LogP contribution >= 0.6 is 22.9 Å². The zero-order valence-electron chi connectivity index (χ0n) is 19.4. The van der Waals surface area contributed by atoms with Gasteiger partial charge in [-0.2, -0.15) is 9.50 Å². The lowest BCUT2D eigenvalue weighted by Gasteiger charge is -2.11. The van der Waals surface area contributed by atoms with Crippen molar-refractivity contribution in [3.63, 3.8) is 0 Å². The van der Waals surface area contributed by atoms with Crippen LogP contribution < -0.4 is 19.6 Å². The minimum Gasteiger partial charge on any atom is -0.493 e. The van der Waals surface area contributed by atoms with E-state index < -0.39 is 0 Å². The lowest BCUT2D eigenvalue weighted by molar-refractivity contribution is 0.284. The second kappa shape index (κ2) is 11.5. The summed E-state index contributed by atoms with van der Waals surface area (Å²) in [4.78, 5) is 17.9. The number of hydrogen-bond acceptors (Lipinski definition) is 6. The van der Waals surface area contributed by atoms with Crippen molar-refractivity contribution in [1.82, 2.24) is 14.6 Å². The Balaban J connectivity index is 1.48. The van der Waals surface area contributed by atoms with E-state index in [2.05, 4.69) is 17.0 Å². The van der Waals surface area contributed by atoms with Crippen molar-refractivity contribution >= 4 is 34.0 Å². The predicted octanol–water partition coefficient (Wildman–Crippen LogP) is 5.77. The Hall–Kier alpha value is -2.90. The van der Waals surface area contributed by atoms with Gasteiger partial charge >= 0.3 is 0 Å². The minimum atomic E-state index is -0.199. The molecule has 0 aliphatic rings. The van der Waals surface area contributed by atoms with E-state index in [4.69, 9.17) is 21.1 Å². The van der Waals surface area contributed by atoms with Gasteiger partial charge in [-0.25, -0.2) is 0 Å².